The normalized spacial score (nSPS) is 22.2. The first-order valence-electron chi connectivity index (χ1n) is 10.1. The van der Waals surface area contributed by atoms with Crippen molar-refractivity contribution in [3.05, 3.63) is 61.7 Å². The van der Waals surface area contributed by atoms with Crippen molar-refractivity contribution in [2.75, 3.05) is 31.1 Å². The van der Waals surface area contributed by atoms with E-state index in [1.165, 1.54) is 16.7 Å². The van der Waals surface area contributed by atoms with Crippen LogP contribution in [0.2, 0.25) is 0 Å². The molecule has 5 nitrogen and oxygen atoms in total. The number of allylic oxidation sites excluding steroid dienone is 2. The number of carbonyl (C=O) groups is 1. The van der Waals surface area contributed by atoms with Gasteiger partial charge in [0, 0.05) is 25.8 Å². The van der Waals surface area contributed by atoms with Gasteiger partial charge < -0.3 is 14.5 Å². The number of aromatic nitrogens is 1. The fraction of sp³-hybridized carbons (Fsp3) is 0.478. The van der Waals surface area contributed by atoms with Crippen LogP contribution in [0, 0.1) is 5.95 Å². The number of piperidine rings is 1. The third-order valence-corrected chi connectivity index (χ3v) is 5.63. The minimum absolute atomic E-state index is 0.210. The van der Waals surface area contributed by atoms with Crippen LogP contribution < -0.4 is 4.90 Å². The molecular formula is C23H32FN3O2. The van der Waals surface area contributed by atoms with Gasteiger partial charge in [-0.15, -0.1) is 13.2 Å². The third kappa shape index (κ3) is 5.40. The molecule has 0 radical (unpaired) electrons. The molecule has 6 heteroatoms. The Balaban J connectivity index is 0.00000145. The number of morpholine rings is 1. The van der Waals surface area contributed by atoms with Gasteiger partial charge in [0.1, 0.15) is 6.10 Å². The predicted octanol–water partition coefficient (Wildman–Crippen LogP) is 4.13. The average Bonchev–Trinajstić information content (AvgIpc) is 2.75. The molecule has 3 rings (SSSR count). The van der Waals surface area contributed by atoms with Crippen LogP contribution in [-0.4, -0.2) is 53.7 Å². The van der Waals surface area contributed by atoms with Gasteiger partial charge in [-0.3, -0.25) is 4.79 Å². The predicted molar refractivity (Wildman–Crippen MR) is 115 cm³/mol. The van der Waals surface area contributed by atoms with Crippen molar-refractivity contribution < 1.29 is 13.9 Å². The molecule has 29 heavy (non-hydrogen) atoms. The third-order valence-electron chi connectivity index (χ3n) is 5.63. The summed E-state index contributed by atoms with van der Waals surface area (Å²) in [6, 6.07) is 3.26. The summed E-state index contributed by atoms with van der Waals surface area (Å²) >= 11 is 0. The van der Waals surface area contributed by atoms with Crippen molar-refractivity contribution >= 4 is 11.6 Å². The highest BCUT2D eigenvalue weighted by molar-refractivity contribution is 5.97. The number of likely N-dealkylation sites (tertiary alicyclic amines) is 1. The number of anilines is 1. The van der Waals surface area contributed by atoms with Gasteiger partial charge in [-0.25, -0.2) is 4.98 Å². The van der Waals surface area contributed by atoms with Crippen molar-refractivity contribution in [1.82, 2.24) is 9.88 Å². The van der Waals surface area contributed by atoms with Crippen LogP contribution in [0.25, 0.3) is 0 Å². The topological polar surface area (TPSA) is 45.7 Å². The maximum atomic E-state index is 14.2. The van der Waals surface area contributed by atoms with E-state index in [0.29, 0.717) is 6.54 Å². The average molecular weight is 402 g/mol. The van der Waals surface area contributed by atoms with Gasteiger partial charge in [-0.1, -0.05) is 24.3 Å². The number of rotatable bonds is 5. The Labute approximate surface area is 173 Å². The lowest BCUT2D eigenvalue weighted by Gasteiger charge is -2.49. The van der Waals surface area contributed by atoms with Crippen molar-refractivity contribution in [2.24, 2.45) is 0 Å². The van der Waals surface area contributed by atoms with Crippen LogP contribution in [0.3, 0.4) is 0 Å². The molecule has 0 aromatic carbocycles. The van der Waals surface area contributed by atoms with Gasteiger partial charge >= 0.3 is 0 Å². The number of halogens is 1. The zero-order chi connectivity index (χ0) is 21.4. The molecule has 2 aliphatic rings. The molecular weight excluding hydrogens is 369 g/mol. The summed E-state index contributed by atoms with van der Waals surface area (Å²) < 4.78 is 20.3. The zero-order valence-electron chi connectivity index (χ0n) is 17.6. The van der Waals surface area contributed by atoms with Crippen LogP contribution >= 0.6 is 0 Å². The van der Waals surface area contributed by atoms with Gasteiger partial charge in [0.25, 0.3) is 5.91 Å². The monoisotopic (exact) mass is 401 g/mol. The summed E-state index contributed by atoms with van der Waals surface area (Å²) in [6.07, 6.45) is 7.43. The summed E-state index contributed by atoms with van der Waals surface area (Å²) in [7, 11) is 0. The fourth-order valence-corrected chi connectivity index (χ4v) is 3.94. The number of hydrogen-bond acceptors (Lipinski definition) is 4. The lowest BCUT2D eigenvalue weighted by Crippen LogP contribution is -2.61. The number of nitrogens with zero attached hydrogens (tertiary/aromatic N) is 3. The molecule has 1 unspecified atom stereocenters. The van der Waals surface area contributed by atoms with E-state index in [1.54, 1.807) is 19.1 Å². The second kappa shape index (κ2) is 10.5. The first-order chi connectivity index (χ1) is 14.0. The second-order valence-electron chi connectivity index (χ2n) is 7.34. The highest BCUT2D eigenvalue weighted by atomic mass is 19.1. The molecule has 2 fully saturated rings. The second-order valence-corrected chi connectivity index (χ2v) is 7.34. The van der Waals surface area contributed by atoms with Crippen LogP contribution in [0.15, 0.2) is 55.8 Å². The van der Waals surface area contributed by atoms with Gasteiger partial charge in [0.15, 0.2) is 0 Å². The summed E-state index contributed by atoms with van der Waals surface area (Å²) in [4.78, 5) is 20.2. The molecule has 1 amide bonds. The smallest absolute Gasteiger partial charge is 0.256 e. The standard InChI is InChI=1S/C21H28FN3O2.C2H4/c1-4-17(5-2)8-12-24-13-9-21(10-14-24)15-25(20(26)16(3)27-21)18-7-6-11-23-19(18)22;1-2/h4-7,11,16H,1,8-10,12-15H2,2-3H3;1-2H2/b17-5+;. The Morgan fingerprint density at radius 1 is 1.41 bits per heavy atom. The number of hydrogen-bond donors (Lipinski definition) is 0. The van der Waals surface area contributed by atoms with E-state index in [0.717, 1.165) is 38.9 Å². The van der Waals surface area contributed by atoms with Gasteiger partial charge in [-0.05, 0) is 45.2 Å². The molecule has 158 valence electrons. The molecule has 0 aliphatic carbocycles. The number of carbonyl (C=O) groups excluding carboxylic acids is 1. The zero-order valence-corrected chi connectivity index (χ0v) is 17.6. The Morgan fingerprint density at radius 3 is 2.69 bits per heavy atom. The summed E-state index contributed by atoms with van der Waals surface area (Å²) in [5.41, 5.74) is 1.07. The lowest BCUT2D eigenvalue weighted by atomic mass is 9.88. The van der Waals surface area contributed by atoms with Crippen molar-refractivity contribution in [1.29, 1.82) is 0 Å². The van der Waals surface area contributed by atoms with Crippen LogP contribution in [0.1, 0.15) is 33.1 Å². The van der Waals surface area contributed by atoms with E-state index in [9.17, 15) is 9.18 Å². The van der Waals surface area contributed by atoms with Crippen LogP contribution in [-0.2, 0) is 9.53 Å². The van der Waals surface area contributed by atoms with E-state index in [2.05, 4.69) is 35.7 Å². The molecule has 2 aliphatic heterocycles. The molecule has 1 aromatic rings. The fourth-order valence-electron chi connectivity index (χ4n) is 3.94. The molecule has 1 atom stereocenters. The highest BCUT2D eigenvalue weighted by Crippen LogP contribution is 2.35. The maximum Gasteiger partial charge on any atom is 0.256 e. The Kier molecular flexibility index (Phi) is 8.29. The van der Waals surface area contributed by atoms with Crippen molar-refractivity contribution in [3.63, 3.8) is 0 Å². The van der Waals surface area contributed by atoms with Gasteiger partial charge in [-0.2, -0.15) is 4.39 Å². The number of ether oxygens (including phenoxy) is 1. The van der Waals surface area contributed by atoms with Crippen molar-refractivity contribution in [2.45, 2.75) is 44.8 Å². The molecule has 1 aromatic heterocycles. The Hall–Kier alpha value is -2.31. The first-order valence-corrected chi connectivity index (χ1v) is 10.1. The first kappa shape index (κ1) is 23.0. The molecule has 0 bridgehead atoms. The van der Waals surface area contributed by atoms with Crippen LogP contribution in [0.5, 0.6) is 0 Å². The highest BCUT2D eigenvalue weighted by Gasteiger charge is 2.46. The lowest BCUT2D eigenvalue weighted by molar-refractivity contribution is -0.161. The van der Waals surface area contributed by atoms with E-state index in [-0.39, 0.29) is 11.6 Å². The van der Waals surface area contributed by atoms with Crippen molar-refractivity contribution in [3.8, 4) is 0 Å². The minimum Gasteiger partial charge on any atom is -0.360 e. The SMILES string of the molecule is C=C.C=C/C(=C\C)CCN1CCC2(CC1)CN(c1cccnc1F)C(=O)C(C)O2. The van der Waals surface area contributed by atoms with Gasteiger partial charge in [0.05, 0.1) is 17.8 Å². The Bertz CT molecular complexity index is 741. The van der Waals surface area contributed by atoms with Crippen LogP contribution in [0.4, 0.5) is 10.1 Å². The summed E-state index contributed by atoms with van der Waals surface area (Å²) in [6.45, 7) is 16.8. The maximum absolute atomic E-state index is 14.2. The number of amides is 1. The molecule has 1 spiro atoms. The van der Waals surface area contributed by atoms with E-state index < -0.39 is 17.7 Å². The molecule has 0 N–H and O–H groups in total. The largest absolute Gasteiger partial charge is 0.360 e. The van der Waals surface area contributed by atoms with E-state index >= 15 is 0 Å². The summed E-state index contributed by atoms with van der Waals surface area (Å²) in [5, 5.41) is 0. The molecule has 0 saturated carbocycles. The van der Waals surface area contributed by atoms with E-state index in [1.807, 2.05) is 13.0 Å². The molecule has 3 heterocycles. The quantitative estimate of drug-likeness (QED) is 0.423. The Morgan fingerprint density at radius 2 is 2.10 bits per heavy atom. The van der Waals surface area contributed by atoms with Gasteiger partial charge in [0.2, 0.25) is 5.95 Å². The molecule has 2 saturated heterocycles. The minimum atomic E-state index is -0.615. The van der Waals surface area contributed by atoms with E-state index in [4.69, 9.17) is 4.74 Å². The summed E-state index contributed by atoms with van der Waals surface area (Å²) in [5.74, 6) is -0.825. The number of pyridine rings is 1.